The Morgan fingerprint density at radius 2 is 1.69 bits per heavy atom. The van der Waals surface area contributed by atoms with Crippen LogP contribution in [0.15, 0.2) is 72.8 Å². The smallest absolute Gasteiger partial charge is 0.243 e. The van der Waals surface area contributed by atoms with E-state index in [1.807, 2.05) is 67.6 Å². The molecule has 26 heavy (non-hydrogen) atoms. The van der Waals surface area contributed by atoms with Crippen LogP contribution in [0.4, 0.5) is 11.4 Å². The standard InChI is InChI=1S/C21H19ClN2O2/c1-15-13-16(22)11-12-18(15)24-21(25)14-23-19-9-5-6-10-20(19)26-17-7-3-2-4-8-17/h2-13,23H,14H2,1H3,(H,24,25). The van der Waals surface area contributed by atoms with E-state index in [4.69, 9.17) is 16.3 Å². The Balaban J connectivity index is 1.63. The maximum Gasteiger partial charge on any atom is 0.243 e. The number of aryl methyl sites for hydroxylation is 1. The number of benzene rings is 3. The molecule has 0 fully saturated rings. The molecule has 3 aromatic rings. The first kappa shape index (κ1) is 17.8. The van der Waals surface area contributed by atoms with Crippen molar-refractivity contribution in [2.45, 2.75) is 6.92 Å². The predicted octanol–water partition coefficient (Wildman–Crippen LogP) is 5.49. The lowest BCUT2D eigenvalue weighted by molar-refractivity contribution is -0.114. The minimum atomic E-state index is -0.148. The van der Waals surface area contributed by atoms with Gasteiger partial charge in [-0.2, -0.15) is 0 Å². The summed E-state index contributed by atoms with van der Waals surface area (Å²) in [6, 6.07) is 22.4. The van der Waals surface area contributed by atoms with Gasteiger partial charge in [-0.15, -0.1) is 0 Å². The third-order valence-electron chi connectivity index (χ3n) is 3.76. The number of carbonyl (C=O) groups excluding carboxylic acids is 1. The second-order valence-corrected chi connectivity index (χ2v) is 6.21. The summed E-state index contributed by atoms with van der Waals surface area (Å²) >= 11 is 5.94. The highest BCUT2D eigenvalue weighted by molar-refractivity contribution is 6.30. The molecule has 0 radical (unpaired) electrons. The van der Waals surface area contributed by atoms with E-state index in [-0.39, 0.29) is 12.5 Å². The maximum absolute atomic E-state index is 12.2. The Kier molecular flexibility index (Phi) is 5.77. The summed E-state index contributed by atoms with van der Waals surface area (Å²) in [5.41, 5.74) is 2.41. The van der Waals surface area contributed by atoms with Gasteiger partial charge >= 0.3 is 0 Å². The summed E-state index contributed by atoms with van der Waals surface area (Å²) in [7, 11) is 0. The van der Waals surface area contributed by atoms with Crippen LogP contribution in [0.1, 0.15) is 5.56 Å². The largest absolute Gasteiger partial charge is 0.455 e. The van der Waals surface area contributed by atoms with Gasteiger partial charge in [-0.1, -0.05) is 41.9 Å². The van der Waals surface area contributed by atoms with E-state index >= 15 is 0 Å². The lowest BCUT2D eigenvalue weighted by atomic mass is 10.2. The SMILES string of the molecule is Cc1cc(Cl)ccc1NC(=O)CNc1ccccc1Oc1ccccc1. The molecule has 5 heteroatoms. The minimum absolute atomic E-state index is 0.122. The first-order chi connectivity index (χ1) is 12.6. The van der Waals surface area contributed by atoms with E-state index in [0.717, 1.165) is 22.7 Å². The minimum Gasteiger partial charge on any atom is -0.455 e. The van der Waals surface area contributed by atoms with Crippen LogP contribution in [0.3, 0.4) is 0 Å². The molecule has 0 aliphatic rings. The van der Waals surface area contributed by atoms with Gasteiger partial charge in [-0.3, -0.25) is 4.79 Å². The number of rotatable bonds is 6. The molecule has 3 rings (SSSR count). The summed E-state index contributed by atoms with van der Waals surface area (Å²) in [5.74, 6) is 1.25. The molecule has 4 nitrogen and oxygen atoms in total. The highest BCUT2D eigenvalue weighted by Crippen LogP contribution is 2.29. The van der Waals surface area contributed by atoms with E-state index in [1.54, 1.807) is 12.1 Å². The average molecular weight is 367 g/mol. The van der Waals surface area contributed by atoms with Crippen LogP contribution < -0.4 is 15.4 Å². The molecule has 0 aromatic heterocycles. The quantitative estimate of drug-likeness (QED) is 0.606. The number of para-hydroxylation sites is 3. The molecule has 3 aromatic carbocycles. The summed E-state index contributed by atoms with van der Waals surface area (Å²) < 4.78 is 5.88. The number of nitrogens with one attached hydrogen (secondary N) is 2. The first-order valence-electron chi connectivity index (χ1n) is 8.23. The number of ether oxygens (including phenoxy) is 1. The molecule has 0 unspecified atom stereocenters. The highest BCUT2D eigenvalue weighted by atomic mass is 35.5. The fourth-order valence-corrected chi connectivity index (χ4v) is 2.68. The van der Waals surface area contributed by atoms with E-state index in [9.17, 15) is 4.79 Å². The lowest BCUT2D eigenvalue weighted by Gasteiger charge is -2.13. The molecule has 0 saturated heterocycles. The van der Waals surface area contributed by atoms with Crippen molar-refractivity contribution in [3.63, 3.8) is 0 Å². The van der Waals surface area contributed by atoms with Gasteiger partial charge in [0.05, 0.1) is 12.2 Å². The monoisotopic (exact) mass is 366 g/mol. The second-order valence-electron chi connectivity index (χ2n) is 5.77. The Bertz CT molecular complexity index is 898. The Morgan fingerprint density at radius 1 is 0.962 bits per heavy atom. The van der Waals surface area contributed by atoms with E-state index < -0.39 is 0 Å². The molecule has 0 aliphatic carbocycles. The van der Waals surface area contributed by atoms with Crippen LogP contribution in [-0.2, 0) is 4.79 Å². The van der Waals surface area contributed by atoms with Crippen molar-refractivity contribution >= 4 is 28.9 Å². The zero-order chi connectivity index (χ0) is 18.4. The number of hydrogen-bond donors (Lipinski definition) is 2. The molecule has 2 N–H and O–H groups in total. The normalized spacial score (nSPS) is 10.2. The molecule has 0 bridgehead atoms. The zero-order valence-electron chi connectivity index (χ0n) is 14.3. The van der Waals surface area contributed by atoms with Crippen LogP contribution in [0.2, 0.25) is 5.02 Å². The van der Waals surface area contributed by atoms with E-state index in [0.29, 0.717) is 10.8 Å². The van der Waals surface area contributed by atoms with Crippen molar-refractivity contribution in [3.05, 3.63) is 83.4 Å². The molecule has 132 valence electrons. The number of hydrogen-bond acceptors (Lipinski definition) is 3. The molecule has 0 atom stereocenters. The van der Waals surface area contributed by atoms with Gasteiger partial charge in [0.1, 0.15) is 5.75 Å². The molecule has 1 amide bonds. The van der Waals surface area contributed by atoms with Crippen LogP contribution in [-0.4, -0.2) is 12.5 Å². The summed E-state index contributed by atoms with van der Waals surface area (Å²) in [5, 5.41) is 6.64. The van der Waals surface area contributed by atoms with Crippen LogP contribution in [0.25, 0.3) is 0 Å². The molecule has 0 saturated carbocycles. The predicted molar refractivity (Wildman–Crippen MR) is 106 cm³/mol. The fraction of sp³-hybridized carbons (Fsp3) is 0.0952. The number of halogens is 1. The maximum atomic E-state index is 12.2. The summed E-state index contributed by atoms with van der Waals surface area (Å²) in [6.45, 7) is 2.02. The third kappa shape index (κ3) is 4.77. The topological polar surface area (TPSA) is 50.4 Å². The zero-order valence-corrected chi connectivity index (χ0v) is 15.1. The summed E-state index contributed by atoms with van der Waals surface area (Å²) in [4.78, 5) is 12.2. The van der Waals surface area contributed by atoms with Crippen molar-refractivity contribution in [3.8, 4) is 11.5 Å². The average Bonchev–Trinajstić information content (AvgIpc) is 2.64. The Morgan fingerprint density at radius 3 is 2.46 bits per heavy atom. The highest BCUT2D eigenvalue weighted by Gasteiger charge is 2.08. The Hall–Kier alpha value is -2.98. The first-order valence-corrected chi connectivity index (χ1v) is 8.61. The van der Waals surface area contributed by atoms with Gasteiger partial charge in [-0.05, 0) is 55.0 Å². The van der Waals surface area contributed by atoms with E-state index in [2.05, 4.69) is 10.6 Å². The van der Waals surface area contributed by atoms with E-state index in [1.165, 1.54) is 0 Å². The van der Waals surface area contributed by atoms with Gasteiger partial charge in [0.15, 0.2) is 5.75 Å². The third-order valence-corrected chi connectivity index (χ3v) is 4.00. The van der Waals surface area contributed by atoms with Crippen LogP contribution in [0, 0.1) is 6.92 Å². The molecule has 0 aliphatic heterocycles. The van der Waals surface area contributed by atoms with Crippen molar-refractivity contribution in [2.24, 2.45) is 0 Å². The number of carbonyl (C=O) groups is 1. The van der Waals surface area contributed by atoms with Gasteiger partial charge in [0, 0.05) is 10.7 Å². The van der Waals surface area contributed by atoms with Gasteiger partial charge in [0.2, 0.25) is 5.91 Å². The lowest BCUT2D eigenvalue weighted by Crippen LogP contribution is -2.22. The van der Waals surface area contributed by atoms with Crippen molar-refractivity contribution in [1.82, 2.24) is 0 Å². The van der Waals surface area contributed by atoms with Gasteiger partial charge in [0.25, 0.3) is 0 Å². The molecular formula is C21H19ClN2O2. The van der Waals surface area contributed by atoms with Gasteiger partial charge < -0.3 is 15.4 Å². The summed E-state index contributed by atoms with van der Waals surface area (Å²) in [6.07, 6.45) is 0. The fourth-order valence-electron chi connectivity index (χ4n) is 2.45. The molecular weight excluding hydrogens is 348 g/mol. The molecule has 0 heterocycles. The number of anilines is 2. The van der Waals surface area contributed by atoms with Crippen molar-refractivity contribution in [2.75, 3.05) is 17.2 Å². The number of amides is 1. The van der Waals surface area contributed by atoms with Crippen LogP contribution in [0.5, 0.6) is 11.5 Å². The second kappa shape index (κ2) is 8.41. The molecule has 0 spiro atoms. The Labute approximate surface area is 157 Å². The van der Waals surface area contributed by atoms with Crippen LogP contribution >= 0.6 is 11.6 Å². The van der Waals surface area contributed by atoms with Crippen molar-refractivity contribution < 1.29 is 9.53 Å². The van der Waals surface area contributed by atoms with Crippen molar-refractivity contribution in [1.29, 1.82) is 0 Å². The van der Waals surface area contributed by atoms with Gasteiger partial charge in [-0.25, -0.2) is 0 Å².